The minimum absolute atomic E-state index is 0.00344. The van der Waals surface area contributed by atoms with Crippen molar-refractivity contribution in [2.75, 3.05) is 36.2 Å². The molecule has 9 nitrogen and oxygen atoms in total. The van der Waals surface area contributed by atoms with Crippen molar-refractivity contribution >= 4 is 56.5 Å². The first-order valence-electron chi connectivity index (χ1n) is 12.7. The molecule has 2 amide bonds. The van der Waals surface area contributed by atoms with Crippen molar-refractivity contribution in [2.45, 2.75) is 32.6 Å². The molecule has 1 aromatic heterocycles. The van der Waals surface area contributed by atoms with Gasteiger partial charge in [-0.05, 0) is 75.0 Å². The van der Waals surface area contributed by atoms with Gasteiger partial charge < -0.3 is 20.5 Å². The summed E-state index contributed by atoms with van der Waals surface area (Å²) in [5, 5.41) is 6.16. The highest BCUT2D eigenvalue weighted by Crippen LogP contribution is 2.36. The molecule has 0 saturated heterocycles. The van der Waals surface area contributed by atoms with Gasteiger partial charge in [-0.15, -0.1) is 0 Å². The Hall–Kier alpha value is -3.60. The van der Waals surface area contributed by atoms with Gasteiger partial charge in [0.15, 0.2) is 0 Å². The molecule has 0 unspecified atom stereocenters. The zero-order valence-corrected chi connectivity index (χ0v) is 23.9. The fraction of sp³-hybridized carbons (Fsp3) is 0.286. The van der Waals surface area contributed by atoms with Crippen LogP contribution >= 0.6 is 11.6 Å². The molecule has 0 fully saturated rings. The van der Waals surface area contributed by atoms with E-state index in [1.807, 2.05) is 13.8 Å². The molecule has 1 aliphatic heterocycles. The summed E-state index contributed by atoms with van der Waals surface area (Å²) in [6.07, 6.45) is 1.65. The summed E-state index contributed by atoms with van der Waals surface area (Å²) in [6, 6.07) is 10.8. The Kier molecular flexibility index (Phi) is 8.48. The lowest BCUT2D eigenvalue weighted by Gasteiger charge is -2.18. The molecule has 206 valence electrons. The highest BCUT2D eigenvalue weighted by atomic mass is 35.5. The SMILES string of the molecule is CCN(CC)CCNC(=O)c1c(C)[nH]c(/C=C2\C(=O)Nc3ccc(S(=O)(=O)Nc4cccc(Cl)c4)cc32)c1C. The number of halogens is 1. The van der Waals surface area contributed by atoms with Gasteiger partial charge in [0, 0.05) is 40.8 Å². The number of H-pyrrole nitrogens is 1. The topological polar surface area (TPSA) is 123 Å². The predicted molar refractivity (Wildman–Crippen MR) is 156 cm³/mol. The van der Waals surface area contributed by atoms with Crippen LogP contribution in [-0.2, 0) is 14.8 Å². The highest BCUT2D eigenvalue weighted by Gasteiger charge is 2.28. The summed E-state index contributed by atoms with van der Waals surface area (Å²) in [5.74, 6) is -0.547. The number of amides is 2. The smallest absolute Gasteiger partial charge is 0.261 e. The highest BCUT2D eigenvalue weighted by molar-refractivity contribution is 7.92. The third-order valence-corrected chi connectivity index (χ3v) is 8.38. The number of nitrogens with zero attached hydrogens (tertiary/aromatic N) is 1. The maximum Gasteiger partial charge on any atom is 0.261 e. The third-order valence-electron chi connectivity index (χ3n) is 6.76. The van der Waals surface area contributed by atoms with Crippen molar-refractivity contribution < 1.29 is 18.0 Å². The molecule has 0 spiro atoms. The number of nitrogens with one attached hydrogen (secondary N) is 4. The molecule has 2 heterocycles. The Morgan fingerprint density at radius 2 is 1.85 bits per heavy atom. The van der Waals surface area contributed by atoms with Crippen LogP contribution in [0.1, 0.15) is 46.7 Å². The zero-order valence-electron chi connectivity index (χ0n) is 22.3. The number of anilines is 2. The number of benzene rings is 2. The number of aromatic nitrogens is 1. The summed E-state index contributed by atoms with van der Waals surface area (Å²) >= 11 is 5.99. The molecule has 0 saturated carbocycles. The fourth-order valence-electron chi connectivity index (χ4n) is 4.60. The molecule has 0 atom stereocenters. The second-order valence-electron chi connectivity index (χ2n) is 9.28. The number of aromatic amines is 1. The molecule has 3 aromatic rings. The Bertz CT molecular complexity index is 1560. The van der Waals surface area contributed by atoms with Crippen LogP contribution in [0.2, 0.25) is 5.02 Å². The first-order chi connectivity index (χ1) is 18.5. The van der Waals surface area contributed by atoms with Crippen LogP contribution in [0, 0.1) is 13.8 Å². The number of hydrogen-bond acceptors (Lipinski definition) is 5. The number of hydrogen-bond donors (Lipinski definition) is 4. The zero-order chi connectivity index (χ0) is 28.3. The molecular weight excluding hydrogens is 538 g/mol. The lowest BCUT2D eigenvalue weighted by atomic mass is 10.0. The molecule has 4 rings (SSSR count). The number of aryl methyl sites for hydroxylation is 1. The lowest BCUT2D eigenvalue weighted by Crippen LogP contribution is -2.35. The quantitative estimate of drug-likeness (QED) is 0.265. The molecule has 1 aliphatic rings. The number of likely N-dealkylation sites (N-methyl/N-ethyl adjacent to an activating group) is 1. The van der Waals surface area contributed by atoms with Crippen molar-refractivity contribution in [3.8, 4) is 0 Å². The van der Waals surface area contributed by atoms with Crippen molar-refractivity contribution in [2.24, 2.45) is 0 Å². The van der Waals surface area contributed by atoms with Gasteiger partial charge in [-0.2, -0.15) is 0 Å². The molecule has 2 aromatic carbocycles. The summed E-state index contributed by atoms with van der Waals surface area (Å²) in [6.45, 7) is 10.9. The van der Waals surface area contributed by atoms with Crippen molar-refractivity contribution in [1.82, 2.24) is 15.2 Å². The molecule has 0 bridgehead atoms. The summed E-state index contributed by atoms with van der Waals surface area (Å²) < 4.78 is 28.7. The Morgan fingerprint density at radius 1 is 1.10 bits per heavy atom. The van der Waals surface area contributed by atoms with Crippen LogP contribution in [0.25, 0.3) is 11.6 Å². The number of rotatable bonds is 10. The van der Waals surface area contributed by atoms with Crippen LogP contribution in [0.3, 0.4) is 0 Å². The monoisotopic (exact) mass is 569 g/mol. The van der Waals surface area contributed by atoms with Crippen molar-refractivity contribution in [3.05, 3.63) is 75.6 Å². The lowest BCUT2D eigenvalue weighted by molar-refractivity contribution is -0.110. The van der Waals surface area contributed by atoms with Crippen LogP contribution in [0.15, 0.2) is 47.4 Å². The molecule has 4 N–H and O–H groups in total. The van der Waals surface area contributed by atoms with E-state index in [4.69, 9.17) is 11.6 Å². The van der Waals surface area contributed by atoms with E-state index in [1.165, 1.54) is 18.2 Å². The molecule has 11 heteroatoms. The second-order valence-corrected chi connectivity index (χ2v) is 11.4. The predicted octanol–water partition coefficient (Wildman–Crippen LogP) is 4.65. The molecule has 39 heavy (non-hydrogen) atoms. The Balaban J connectivity index is 1.61. The second kappa shape index (κ2) is 11.6. The first-order valence-corrected chi connectivity index (χ1v) is 14.6. The summed E-state index contributed by atoms with van der Waals surface area (Å²) in [7, 11) is -3.95. The first kappa shape index (κ1) is 28.4. The van der Waals surface area contributed by atoms with Crippen molar-refractivity contribution in [3.63, 3.8) is 0 Å². The maximum absolute atomic E-state index is 13.1. The van der Waals surface area contributed by atoms with Gasteiger partial charge in [0.05, 0.1) is 21.7 Å². The number of sulfonamides is 1. The standard InChI is InChI=1S/C28H32ClN5O4S/c1-5-34(6-2)13-12-30-28(36)26-17(3)25(31-18(26)4)16-23-22-15-21(10-11-24(22)32-27(23)35)39(37,38)33-20-9-7-8-19(29)14-20/h7-11,14-16,31,33H,5-6,12-13H2,1-4H3,(H,30,36)(H,32,35)/b23-16-. The molecule has 0 radical (unpaired) electrons. The summed E-state index contributed by atoms with van der Waals surface area (Å²) in [5.41, 5.74) is 4.09. The average Bonchev–Trinajstić information content (AvgIpc) is 3.35. The van der Waals surface area contributed by atoms with E-state index in [2.05, 4.69) is 39.1 Å². The maximum atomic E-state index is 13.1. The van der Waals surface area contributed by atoms with Gasteiger partial charge in [-0.3, -0.25) is 14.3 Å². The van der Waals surface area contributed by atoms with E-state index >= 15 is 0 Å². The number of carbonyl (C=O) groups excluding carboxylic acids is 2. The third kappa shape index (κ3) is 6.19. The molecular formula is C28H32ClN5O4S. The summed E-state index contributed by atoms with van der Waals surface area (Å²) in [4.78, 5) is 31.2. The fourth-order valence-corrected chi connectivity index (χ4v) is 5.87. The van der Waals surface area contributed by atoms with Gasteiger partial charge in [0.2, 0.25) is 0 Å². The minimum atomic E-state index is -3.95. The number of fused-ring (bicyclic) bond motifs is 1. The van der Waals surface area contributed by atoms with Gasteiger partial charge in [-0.1, -0.05) is 31.5 Å². The van der Waals surface area contributed by atoms with Crippen LogP contribution in [-0.4, -0.2) is 56.3 Å². The normalized spacial score (nSPS) is 14.0. The van der Waals surface area contributed by atoms with E-state index in [9.17, 15) is 18.0 Å². The Morgan fingerprint density at radius 3 is 2.54 bits per heavy atom. The Labute approximate surface area is 233 Å². The minimum Gasteiger partial charge on any atom is -0.358 e. The van der Waals surface area contributed by atoms with E-state index in [0.29, 0.717) is 56.6 Å². The van der Waals surface area contributed by atoms with Crippen LogP contribution in [0.4, 0.5) is 11.4 Å². The van der Waals surface area contributed by atoms with Gasteiger partial charge in [0.1, 0.15) is 0 Å². The van der Waals surface area contributed by atoms with Gasteiger partial charge >= 0.3 is 0 Å². The van der Waals surface area contributed by atoms with E-state index in [-0.39, 0.29) is 16.7 Å². The van der Waals surface area contributed by atoms with E-state index in [0.717, 1.165) is 19.6 Å². The van der Waals surface area contributed by atoms with E-state index < -0.39 is 10.0 Å². The molecule has 0 aliphatic carbocycles. The largest absolute Gasteiger partial charge is 0.358 e. The van der Waals surface area contributed by atoms with Crippen LogP contribution in [0.5, 0.6) is 0 Å². The average molecular weight is 570 g/mol. The van der Waals surface area contributed by atoms with Gasteiger partial charge in [0.25, 0.3) is 21.8 Å². The van der Waals surface area contributed by atoms with E-state index in [1.54, 1.807) is 30.3 Å². The number of carbonyl (C=O) groups is 2. The van der Waals surface area contributed by atoms with Gasteiger partial charge in [-0.25, -0.2) is 8.42 Å². The van der Waals surface area contributed by atoms with Crippen molar-refractivity contribution in [1.29, 1.82) is 0 Å². The van der Waals surface area contributed by atoms with Crippen LogP contribution < -0.4 is 15.4 Å².